The Labute approximate surface area is 158 Å². The molecule has 0 aliphatic heterocycles. The Kier molecular flexibility index (Phi) is 6.10. The number of benzene rings is 2. The normalized spacial score (nSPS) is 10.7. The van der Waals surface area contributed by atoms with Gasteiger partial charge in [0.05, 0.1) is 7.11 Å². The number of carbonyl (C=O) groups is 1. The maximum atomic E-state index is 12.4. The van der Waals surface area contributed by atoms with E-state index in [1.165, 1.54) is 13.2 Å². The monoisotopic (exact) mass is 389 g/mol. The quantitative estimate of drug-likeness (QED) is 0.614. The number of hydrogen-bond acceptors (Lipinski definition) is 6. The van der Waals surface area contributed by atoms with Gasteiger partial charge in [-0.25, -0.2) is 0 Å². The number of tetrazole rings is 1. The minimum Gasteiger partial charge on any atom is -0.493 e. The molecule has 0 aliphatic carbocycles. The van der Waals surface area contributed by atoms with Crippen molar-refractivity contribution < 1.29 is 23.0 Å². The second kappa shape index (κ2) is 8.89. The lowest BCUT2D eigenvalue weighted by atomic mass is 10.1. The predicted octanol–water partition coefficient (Wildman–Crippen LogP) is 2.45. The van der Waals surface area contributed by atoms with Crippen molar-refractivity contribution in [2.24, 2.45) is 0 Å². The molecule has 0 atom stereocenters. The fourth-order valence-corrected chi connectivity index (χ4v) is 2.54. The number of nitrogens with one attached hydrogen (secondary N) is 2. The summed E-state index contributed by atoms with van der Waals surface area (Å²) in [6.45, 7) is -2.56. The van der Waals surface area contributed by atoms with Crippen LogP contribution in [0.3, 0.4) is 0 Å². The fourth-order valence-electron chi connectivity index (χ4n) is 2.54. The van der Waals surface area contributed by atoms with E-state index >= 15 is 0 Å². The summed E-state index contributed by atoms with van der Waals surface area (Å²) in [5.74, 6) is 0.387. The van der Waals surface area contributed by atoms with Crippen molar-refractivity contribution in [2.75, 3.05) is 13.7 Å². The molecule has 0 unspecified atom stereocenters. The second-order valence-electron chi connectivity index (χ2n) is 5.68. The molecule has 28 heavy (non-hydrogen) atoms. The molecule has 1 aromatic heterocycles. The SMILES string of the molecule is COc1cc(CCNC(=O)c2ccc(-c3nn[nH]n3)cc2)ccc1OC(F)F. The molecule has 0 bridgehead atoms. The van der Waals surface area contributed by atoms with E-state index in [1.807, 2.05) is 0 Å². The molecule has 10 heteroatoms. The molecular formula is C18H17F2N5O3. The van der Waals surface area contributed by atoms with Gasteiger partial charge < -0.3 is 14.8 Å². The summed E-state index contributed by atoms with van der Waals surface area (Å²) in [6.07, 6.45) is 0.498. The molecule has 2 aromatic carbocycles. The van der Waals surface area contributed by atoms with Crippen LogP contribution in [0.1, 0.15) is 15.9 Å². The van der Waals surface area contributed by atoms with Gasteiger partial charge in [0.25, 0.3) is 5.91 Å². The number of nitrogens with zero attached hydrogens (tertiary/aromatic N) is 3. The number of amides is 1. The molecule has 3 rings (SSSR count). The number of aromatic amines is 1. The zero-order valence-corrected chi connectivity index (χ0v) is 14.9. The number of rotatable bonds is 8. The van der Waals surface area contributed by atoms with Gasteiger partial charge in [-0.1, -0.05) is 18.2 Å². The number of H-pyrrole nitrogens is 1. The summed E-state index contributed by atoms with van der Waals surface area (Å²) in [4.78, 5) is 12.2. The third-order valence-corrected chi connectivity index (χ3v) is 3.89. The summed E-state index contributed by atoms with van der Waals surface area (Å²) in [5, 5.41) is 16.4. The van der Waals surface area contributed by atoms with Crippen molar-refractivity contribution in [3.8, 4) is 22.9 Å². The highest BCUT2D eigenvalue weighted by Crippen LogP contribution is 2.29. The van der Waals surface area contributed by atoms with Crippen LogP contribution < -0.4 is 14.8 Å². The highest BCUT2D eigenvalue weighted by Gasteiger charge is 2.12. The van der Waals surface area contributed by atoms with Gasteiger partial charge in [0.15, 0.2) is 11.5 Å². The number of methoxy groups -OCH3 is 1. The Morgan fingerprint density at radius 1 is 1.18 bits per heavy atom. The van der Waals surface area contributed by atoms with Gasteiger partial charge in [-0.05, 0) is 41.5 Å². The predicted molar refractivity (Wildman–Crippen MR) is 95.3 cm³/mol. The second-order valence-corrected chi connectivity index (χ2v) is 5.68. The molecule has 0 saturated carbocycles. The number of hydrogen-bond donors (Lipinski definition) is 2. The highest BCUT2D eigenvalue weighted by molar-refractivity contribution is 5.94. The topological polar surface area (TPSA) is 102 Å². The van der Waals surface area contributed by atoms with Crippen LogP contribution in [-0.4, -0.2) is 46.8 Å². The summed E-state index contributed by atoms with van der Waals surface area (Å²) in [6, 6.07) is 11.5. The maximum absolute atomic E-state index is 12.4. The first-order valence-corrected chi connectivity index (χ1v) is 8.30. The van der Waals surface area contributed by atoms with Gasteiger partial charge in [0.1, 0.15) is 0 Å². The van der Waals surface area contributed by atoms with Crippen LogP contribution in [0.2, 0.25) is 0 Å². The summed E-state index contributed by atoms with van der Waals surface area (Å²) >= 11 is 0. The van der Waals surface area contributed by atoms with Gasteiger partial charge in [0.2, 0.25) is 5.82 Å². The fraction of sp³-hybridized carbons (Fsp3) is 0.222. The third kappa shape index (κ3) is 4.78. The first kappa shape index (κ1) is 19.2. The number of carbonyl (C=O) groups excluding carboxylic acids is 1. The number of ether oxygens (including phenoxy) is 2. The minimum absolute atomic E-state index is 0.0352. The molecule has 3 aromatic rings. The molecule has 0 saturated heterocycles. The number of aromatic nitrogens is 4. The van der Waals surface area contributed by atoms with Crippen molar-refractivity contribution in [2.45, 2.75) is 13.0 Å². The van der Waals surface area contributed by atoms with Crippen molar-refractivity contribution >= 4 is 5.91 Å². The third-order valence-electron chi connectivity index (χ3n) is 3.89. The van der Waals surface area contributed by atoms with Crippen LogP contribution in [0.25, 0.3) is 11.4 Å². The van der Waals surface area contributed by atoms with E-state index in [-0.39, 0.29) is 17.4 Å². The van der Waals surface area contributed by atoms with Crippen LogP contribution in [0.15, 0.2) is 42.5 Å². The van der Waals surface area contributed by atoms with E-state index < -0.39 is 6.61 Å². The lowest BCUT2D eigenvalue weighted by Crippen LogP contribution is -2.25. The van der Waals surface area contributed by atoms with Crippen LogP contribution >= 0.6 is 0 Å². The summed E-state index contributed by atoms with van der Waals surface area (Å²) in [7, 11) is 1.37. The van der Waals surface area contributed by atoms with E-state index in [1.54, 1.807) is 36.4 Å². The molecule has 1 heterocycles. The molecule has 0 radical (unpaired) electrons. The average molecular weight is 389 g/mol. The Morgan fingerprint density at radius 3 is 2.61 bits per heavy atom. The average Bonchev–Trinajstić information content (AvgIpc) is 3.23. The maximum Gasteiger partial charge on any atom is 0.387 e. The van der Waals surface area contributed by atoms with Gasteiger partial charge in [-0.15, -0.1) is 10.2 Å². The Bertz CT molecular complexity index is 917. The van der Waals surface area contributed by atoms with Crippen LogP contribution in [0.4, 0.5) is 8.78 Å². The molecule has 1 amide bonds. The van der Waals surface area contributed by atoms with E-state index in [2.05, 4.69) is 30.7 Å². The highest BCUT2D eigenvalue weighted by atomic mass is 19.3. The zero-order valence-electron chi connectivity index (χ0n) is 14.9. The van der Waals surface area contributed by atoms with Gasteiger partial charge in [-0.2, -0.15) is 14.0 Å². The Balaban J connectivity index is 1.55. The summed E-state index contributed by atoms with van der Waals surface area (Å²) in [5.41, 5.74) is 2.04. The largest absolute Gasteiger partial charge is 0.493 e. The standard InChI is InChI=1S/C18H17F2N5O3/c1-27-15-10-11(2-7-14(15)28-18(19)20)8-9-21-17(26)13-5-3-12(4-6-13)16-22-24-25-23-16/h2-7,10,18H,8-9H2,1H3,(H,21,26)(H,22,23,24,25). The number of alkyl halides is 2. The Morgan fingerprint density at radius 2 is 1.96 bits per heavy atom. The van der Waals surface area contributed by atoms with E-state index in [9.17, 15) is 13.6 Å². The molecule has 8 nitrogen and oxygen atoms in total. The molecule has 0 spiro atoms. The first-order chi connectivity index (χ1) is 13.6. The van der Waals surface area contributed by atoms with Crippen molar-refractivity contribution in [1.82, 2.24) is 25.9 Å². The van der Waals surface area contributed by atoms with Gasteiger partial charge in [0, 0.05) is 17.7 Å². The van der Waals surface area contributed by atoms with Gasteiger partial charge >= 0.3 is 6.61 Å². The molecule has 0 fully saturated rings. The molecule has 2 N–H and O–H groups in total. The summed E-state index contributed by atoms with van der Waals surface area (Å²) < 4.78 is 34.2. The smallest absolute Gasteiger partial charge is 0.387 e. The van der Waals surface area contributed by atoms with Crippen molar-refractivity contribution in [1.29, 1.82) is 0 Å². The number of halogens is 2. The molecule has 146 valence electrons. The molecule has 0 aliphatic rings. The first-order valence-electron chi connectivity index (χ1n) is 8.30. The van der Waals surface area contributed by atoms with Crippen molar-refractivity contribution in [3.05, 3.63) is 53.6 Å². The molecular weight excluding hydrogens is 372 g/mol. The van der Waals surface area contributed by atoms with Gasteiger partial charge in [-0.3, -0.25) is 4.79 Å². The van der Waals surface area contributed by atoms with Crippen LogP contribution in [-0.2, 0) is 6.42 Å². The van der Waals surface area contributed by atoms with E-state index in [4.69, 9.17) is 4.74 Å². The van der Waals surface area contributed by atoms with E-state index in [0.29, 0.717) is 24.4 Å². The van der Waals surface area contributed by atoms with Crippen LogP contribution in [0, 0.1) is 0 Å². The minimum atomic E-state index is -2.93. The van der Waals surface area contributed by atoms with E-state index in [0.717, 1.165) is 11.1 Å². The zero-order chi connectivity index (χ0) is 19.9. The van der Waals surface area contributed by atoms with Crippen LogP contribution in [0.5, 0.6) is 11.5 Å². The Hall–Kier alpha value is -3.56. The van der Waals surface area contributed by atoms with Crippen molar-refractivity contribution in [3.63, 3.8) is 0 Å². The lowest BCUT2D eigenvalue weighted by molar-refractivity contribution is -0.0512. The lowest BCUT2D eigenvalue weighted by Gasteiger charge is -2.12.